The van der Waals surface area contributed by atoms with E-state index in [0.717, 1.165) is 11.1 Å². The summed E-state index contributed by atoms with van der Waals surface area (Å²) in [6, 6.07) is 5.73. The van der Waals surface area contributed by atoms with Crippen LogP contribution in [0.1, 0.15) is 69.1 Å². The van der Waals surface area contributed by atoms with Crippen LogP contribution in [0, 0.1) is 12.8 Å². The molecular weight excluding hydrogens is 355 g/mol. The molecule has 148 valence electrons. The lowest BCUT2D eigenvalue weighted by atomic mass is 9.72. The van der Waals surface area contributed by atoms with Crippen molar-refractivity contribution in [3.63, 3.8) is 0 Å². The minimum Gasteiger partial charge on any atom is -0.343 e. The van der Waals surface area contributed by atoms with E-state index in [9.17, 15) is 22.8 Å². The first-order chi connectivity index (χ1) is 12.3. The van der Waals surface area contributed by atoms with Crippen molar-refractivity contribution in [1.82, 2.24) is 5.32 Å². The SMILES string of the molecule is Cc1cc(C(C)(C)C)ccc1C1C(=O)NC2(CCC(C(F)(F)F)CC2)C1=O. The van der Waals surface area contributed by atoms with E-state index in [4.69, 9.17) is 0 Å². The molecule has 2 aliphatic rings. The molecule has 1 saturated heterocycles. The first-order valence-electron chi connectivity index (χ1n) is 9.39. The second kappa shape index (κ2) is 6.35. The average Bonchev–Trinajstić information content (AvgIpc) is 2.77. The fraction of sp³-hybridized carbons (Fsp3) is 0.619. The molecule has 2 fully saturated rings. The minimum atomic E-state index is -4.24. The van der Waals surface area contributed by atoms with Gasteiger partial charge in [-0.3, -0.25) is 9.59 Å². The number of benzene rings is 1. The van der Waals surface area contributed by atoms with E-state index in [0.29, 0.717) is 5.56 Å². The Labute approximate surface area is 157 Å². The molecule has 1 atom stereocenters. The van der Waals surface area contributed by atoms with Crippen LogP contribution in [0.5, 0.6) is 0 Å². The summed E-state index contributed by atoms with van der Waals surface area (Å²) in [7, 11) is 0. The highest BCUT2D eigenvalue weighted by Gasteiger charge is 2.56. The lowest BCUT2D eigenvalue weighted by molar-refractivity contribution is -0.185. The van der Waals surface area contributed by atoms with E-state index < -0.39 is 29.5 Å². The molecule has 6 heteroatoms. The van der Waals surface area contributed by atoms with Crippen molar-refractivity contribution in [2.24, 2.45) is 5.92 Å². The fourth-order valence-corrected chi connectivity index (χ4v) is 4.32. The van der Waals surface area contributed by atoms with Crippen LogP contribution in [0.25, 0.3) is 0 Å². The third-order valence-corrected chi connectivity index (χ3v) is 6.11. The highest BCUT2D eigenvalue weighted by Crippen LogP contribution is 2.45. The highest BCUT2D eigenvalue weighted by molar-refractivity contribution is 6.17. The molecule has 1 aliphatic heterocycles. The second-order valence-electron chi connectivity index (χ2n) is 9.01. The molecule has 27 heavy (non-hydrogen) atoms. The van der Waals surface area contributed by atoms with Gasteiger partial charge in [-0.15, -0.1) is 0 Å². The summed E-state index contributed by atoms with van der Waals surface area (Å²) in [5.74, 6) is -2.99. The average molecular weight is 381 g/mol. The molecular formula is C21H26F3NO2. The van der Waals surface area contributed by atoms with E-state index in [-0.39, 0.29) is 36.9 Å². The van der Waals surface area contributed by atoms with Gasteiger partial charge in [-0.1, -0.05) is 39.0 Å². The molecule has 3 nitrogen and oxygen atoms in total. The van der Waals surface area contributed by atoms with Gasteiger partial charge in [-0.25, -0.2) is 0 Å². The van der Waals surface area contributed by atoms with Gasteiger partial charge in [-0.2, -0.15) is 13.2 Å². The molecule has 1 aromatic carbocycles. The summed E-state index contributed by atoms with van der Waals surface area (Å²) >= 11 is 0. The molecule has 0 radical (unpaired) electrons. The number of alkyl halides is 3. The number of hydrogen-bond donors (Lipinski definition) is 1. The van der Waals surface area contributed by atoms with Crippen LogP contribution in [0.15, 0.2) is 18.2 Å². The monoisotopic (exact) mass is 381 g/mol. The Morgan fingerprint density at radius 3 is 2.15 bits per heavy atom. The first-order valence-corrected chi connectivity index (χ1v) is 9.39. The van der Waals surface area contributed by atoms with Gasteiger partial charge in [0.25, 0.3) is 0 Å². The van der Waals surface area contributed by atoms with Gasteiger partial charge in [0.05, 0.1) is 11.5 Å². The predicted molar refractivity (Wildman–Crippen MR) is 96.5 cm³/mol. The van der Waals surface area contributed by atoms with Gasteiger partial charge in [-0.05, 0) is 54.7 Å². The van der Waals surface area contributed by atoms with Crippen molar-refractivity contribution in [2.45, 2.75) is 76.4 Å². The van der Waals surface area contributed by atoms with Gasteiger partial charge in [0.15, 0.2) is 5.78 Å². The van der Waals surface area contributed by atoms with Crippen LogP contribution >= 0.6 is 0 Å². The predicted octanol–water partition coefficient (Wildman–Crippen LogP) is 4.57. The molecule has 1 heterocycles. The maximum absolute atomic E-state index is 13.1. The van der Waals surface area contributed by atoms with Gasteiger partial charge in [0.1, 0.15) is 5.92 Å². The summed E-state index contributed by atoms with van der Waals surface area (Å²) < 4.78 is 38.8. The van der Waals surface area contributed by atoms with Crippen LogP contribution in [0.2, 0.25) is 0 Å². The maximum Gasteiger partial charge on any atom is 0.391 e. The number of amides is 1. The quantitative estimate of drug-likeness (QED) is 0.725. The molecule has 1 aliphatic carbocycles. The molecule has 0 bridgehead atoms. The number of aryl methyl sites for hydroxylation is 1. The number of hydrogen-bond acceptors (Lipinski definition) is 2. The lowest BCUT2D eigenvalue weighted by Crippen LogP contribution is -2.50. The maximum atomic E-state index is 13.1. The zero-order chi connectivity index (χ0) is 20.2. The molecule has 1 N–H and O–H groups in total. The Morgan fingerprint density at radius 2 is 1.67 bits per heavy atom. The number of Topliss-reactive ketones (excluding diaryl/α,β-unsaturated/α-hetero) is 1. The summed E-state index contributed by atoms with van der Waals surface area (Å²) in [6.45, 7) is 8.13. The van der Waals surface area contributed by atoms with Crippen molar-refractivity contribution in [3.8, 4) is 0 Å². The van der Waals surface area contributed by atoms with Crippen LogP contribution in [-0.4, -0.2) is 23.4 Å². The zero-order valence-corrected chi connectivity index (χ0v) is 16.2. The molecule has 1 amide bonds. The number of carbonyl (C=O) groups excluding carboxylic acids is 2. The fourth-order valence-electron chi connectivity index (χ4n) is 4.32. The van der Waals surface area contributed by atoms with Gasteiger partial charge >= 0.3 is 6.18 Å². The molecule has 0 aromatic heterocycles. The Bertz CT molecular complexity index is 769. The summed E-state index contributed by atoms with van der Waals surface area (Å²) in [5.41, 5.74) is 1.42. The Morgan fingerprint density at radius 1 is 1.07 bits per heavy atom. The van der Waals surface area contributed by atoms with Crippen molar-refractivity contribution in [1.29, 1.82) is 0 Å². The van der Waals surface area contributed by atoms with Crippen molar-refractivity contribution in [3.05, 3.63) is 34.9 Å². The smallest absolute Gasteiger partial charge is 0.343 e. The van der Waals surface area contributed by atoms with Crippen LogP contribution in [0.4, 0.5) is 13.2 Å². The van der Waals surface area contributed by atoms with Crippen molar-refractivity contribution < 1.29 is 22.8 Å². The summed E-state index contributed by atoms with van der Waals surface area (Å²) in [4.78, 5) is 25.7. The van der Waals surface area contributed by atoms with Gasteiger partial charge in [0, 0.05) is 0 Å². The molecule has 1 saturated carbocycles. The topological polar surface area (TPSA) is 46.2 Å². The van der Waals surface area contributed by atoms with Crippen LogP contribution < -0.4 is 5.32 Å². The van der Waals surface area contributed by atoms with Crippen LogP contribution in [0.3, 0.4) is 0 Å². The van der Waals surface area contributed by atoms with E-state index in [2.05, 4.69) is 26.1 Å². The number of rotatable bonds is 1. The highest BCUT2D eigenvalue weighted by atomic mass is 19.4. The largest absolute Gasteiger partial charge is 0.391 e. The third-order valence-electron chi connectivity index (χ3n) is 6.11. The minimum absolute atomic E-state index is 0.0529. The summed E-state index contributed by atoms with van der Waals surface area (Å²) in [5, 5.41) is 2.76. The lowest BCUT2D eigenvalue weighted by Gasteiger charge is -2.36. The van der Waals surface area contributed by atoms with E-state index in [1.165, 1.54) is 0 Å². The van der Waals surface area contributed by atoms with Gasteiger partial charge in [0.2, 0.25) is 5.91 Å². The Balaban J connectivity index is 1.86. The Hall–Kier alpha value is -1.85. The number of halogens is 3. The van der Waals surface area contributed by atoms with E-state index in [1.807, 2.05) is 25.1 Å². The molecule has 3 rings (SSSR count). The first kappa shape index (κ1) is 19.9. The van der Waals surface area contributed by atoms with Crippen molar-refractivity contribution >= 4 is 11.7 Å². The third kappa shape index (κ3) is 3.50. The zero-order valence-electron chi connectivity index (χ0n) is 16.2. The number of ketones is 1. The molecule has 1 unspecified atom stereocenters. The van der Waals surface area contributed by atoms with Crippen molar-refractivity contribution in [2.75, 3.05) is 0 Å². The second-order valence-corrected chi connectivity index (χ2v) is 9.01. The standard InChI is InChI=1S/C21H26F3NO2/c1-12-11-14(19(2,3)4)5-6-15(12)16-17(26)20(25-18(16)27)9-7-13(8-10-20)21(22,23)24/h5-6,11,13,16H,7-10H2,1-4H3,(H,25,27). The Kier molecular flexibility index (Phi) is 4.68. The van der Waals surface area contributed by atoms with E-state index in [1.54, 1.807) is 0 Å². The summed E-state index contributed by atoms with van der Waals surface area (Å²) in [6.07, 6.45) is -4.38. The number of carbonyl (C=O) groups is 2. The van der Waals surface area contributed by atoms with Crippen LogP contribution in [-0.2, 0) is 15.0 Å². The molecule has 1 spiro atoms. The van der Waals surface area contributed by atoms with Gasteiger partial charge < -0.3 is 5.32 Å². The normalized spacial score (nSPS) is 29.3. The molecule has 1 aromatic rings. The number of nitrogens with one attached hydrogen (secondary N) is 1. The van der Waals surface area contributed by atoms with E-state index >= 15 is 0 Å².